The highest BCUT2D eigenvalue weighted by molar-refractivity contribution is 5.95. The van der Waals surface area contributed by atoms with Crippen LogP contribution in [0.2, 0.25) is 0 Å². The van der Waals surface area contributed by atoms with E-state index in [0.717, 1.165) is 0 Å². The molecule has 1 aliphatic rings. The van der Waals surface area contributed by atoms with Crippen molar-refractivity contribution >= 4 is 11.6 Å². The van der Waals surface area contributed by atoms with Crippen molar-refractivity contribution in [1.82, 2.24) is 5.32 Å². The molecule has 0 bridgehead atoms. The van der Waals surface area contributed by atoms with Crippen molar-refractivity contribution in [2.24, 2.45) is 0 Å². The molecule has 1 amide bonds. The molecule has 1 aromatic carbocycles. The van der Waals surface area contributed by atoms with Crippen LogP contribution >= 0.6 is 0 Å². The molecule has 0 spiro atoms. The lowest BCUT2D eigenvalue weighted by molar-refractivity contribution is -0.118. The second-order valence-corrected chi connectivity index (χ2v) is 4.51. The Labute approximate surface area is 106 Å². The van der Waals surface area contributed by atoms with Gasteiger partial charge in [-0.3, -0.25) is 4.79 Å². The maximum absolute atomic E-state index is 13.1. The predicted octanol–water partition coefficient (Wildman–Crippen LogP) is 1.45. The van der Waals surface area contributed by atoms with Gasteiger partial charge < -0.3 is 15.4 Å². The number of carbonyl (C=O) groups excluding carboxylic acids is 1. The zero-order valence-electron chi connectivity index (χ0n) is 10.5. The highest BCUT2D eigenvalue weighted by Crippen LogP contribution is 2.16. The Morgan fingerprint density at radius 2 is 2.33 bits per heavy atom. The van der Waals surface area contributed by atoms with Gasteiger partial charge in [-0.05, 0) is 37.1 Å². The summed E-state index contributed by atoms with van der Waals surface area (Å²) in [5, 5.41) is 5.87. The minimum absolute atomic E-state index is 0.0794. The number of anilines is 1. The van der Waals surface area contributed by atoms with Crippen molar-refractivity contribution in [3.63, 3.8) is 0 Å². The Kier molecular flexibility index (Phi) is 3.93. The van der Waals surface area contributed by atoms with Gasteiger partial charge in [0, 0.05) is 19.3 Å². The summed E-state index contributed by atoms with van der Waals surface area (Å²) >= 11 is 0. The lowest BCUT2D eigenvalue weighted by Crippen LogP contribution is -2.35. The highest BCUT2D eigenvalue weighted by atomic mass is 19.1. The second kappa shape index (κ2) is 5.46. The summed E-state index contributed by atoms with van der Waals surface area (Å²) in [6.07, 6.45) is 0.735. The molecule has 2 rings (SSSR count). The zero-order valence-corrected chi connectivity index (χ0v) is 10.5. The van der Waals surface area contributed by atoms with Gasteiger partial charge in [0.15, 0.2) is 0 Å². The van der Waals surface area contributed by atoms with Crippen molar-refractivity contribution in [3.8, 4) is 0 Å². The number of rotatable bonds is 3. The SMILES string of the molecule is COC1CNC(C(=O)Nc2ccc(F)c(C)c2)C1. The van der Waals surface area contributed by atoms with Crippen LogP contribution in [0, 0.1) is 12.7 Å². The highest BCUT2D eigenvalue weighted by Gasteiger charge is 2.29. The van der Waals surface area contributed by atoms with Gasteiger partial charge >= 0.3 is 0 Å². The van der Waals surface area contributed by atoms with Gasteiger partial charge in [-0.15, -0.1) is 0 Å². The molecule has 1 aliphatic heterocycles. The summed E-state index contributed by atoms with van der Waals surface area (Å²) in [4.78, 5) is 11.9. The molecule has 5 heteroatoms. The van der Waals surface area contributed by atoms with Crippen molar-refractivity contribution in [1.29, 1.82) is 0 Å². The molecule has 1 aromatic rings. The van der Waals surface area contributed by atoms with E-state index in [0.29, 0.717) is 24.2 Å². The fourth-order valence-corrected chi connectivity index (χ4v) is 2.03. The summed E-state index contributed by atoms with van der Waals surface area (Å²) in [5.41, 5.74) is 1.13. The molecule has 2 atom stereocenters. The number of hydrogen-bond acceptors (Lipinski definition) is 3. The van der Waals surface area contributed by atoms with Crippen LogP contribution in [0.4, 0.5) is 10.1 Å². The maximum Gasteiger partial charge on any atom is 0.241 e. The molecular formula is C13H17FN2O2. The van der Waals surface area contributed by atoms with E-state index in [4.69, 9.17) is 4.74 Å². The molecule has 2 N–H and O–H groups in total. The number of carbonyl (C=O) groups is 1. The van der Waals surface area contributed by atoms with E-state index in [-0.39, 0.29) is 23.9 Å². The van der Waals surface area contributed by atoms with Crippen molar-refractivity contribution in [2.75, 3.05) is 19.0 Å². The molecule has 0 aliphatic carbocycles. The summed E-state index contributed by atoms with van der Waals surface area (Å²) < 4.78 is 18.3. The fourth-order valence-electron chi connectivity index (χ4n) is 2.03. The lowest BCUT2D eigenvalue weighted by Gasteiger charge is -2.11. The van der Waals surface area contributed by atoms with Gasteiger partial charge in [-0.25, -0.2) is 4.39 Å². The van der Waals surface area contributed by atoms with Gasteiger partial charge in [-0.1, -0.05) is 0 Å². The van der Waals surface area contributed by atoms with Crippen LogP contribution in [0.5, 0.6) is 0 Å². The Morgan fingerprint density at radius 1 is 1.56 bits per heavy atom. The number of nitrogens with one attached hydrogen (secondary N) is 2. The van der Waals surface area contributed by atoms with E-state index >= 15 is 0 Å². The van der Waals surface area contributed by atoms with Gasteiger partial charge in [0.1, 0.15) is 5.82 Å². The molecule has 0 aromatic heterocycles. The smallest absolute Gasteiger partial charge is 0.241 e. The van der Waals surface area contributed by atoms with Crippen LogP contribution in [0.1, 0.15) is 12.0 Å². The molecule has 18 heavy (non-hydrogen) atoms. The molecule has 4 nitrogen and oxygen atoms in total. The third-order valence-electron chi connectivity index (χ3n) is 3.17. The first-order chi connectivity index (χ1) is 8.60. The maximum atomic E-state index is 13.1. The quantitative estimate of drug-likeness (QED) is 0.856. The third-order valence-corrected chi connectivity index (χ3v) is 3.17. The molecule has 0 saturated carbocycles. The van der Waals surface area contributed by atoms with E-state index in [1.165, 1.54) is 6.07 Å². The summed E-state index contributed by atoms with van der Waals surface area (Å²) in [6, 6.07) is 4.28. The summed E-state index contributed by atoms with van der Waals surface area (Å²) in [6.45, 7) is 2.34. The monoisotopic (exact) mass is 252 g/mol. The fraction of sp³-hybridized carbons (Fsp3) is 0.462. The van der Waals surface area contributed by atoms with Crippen LogP contribution in [-0.4, -0.2) is 31.7 Å². The average Bonchev–Trinajstić information content (AvgIpc) is 2.82. The van der Waals surface area contributed by atoms with Crippen molar-refractivity contribution in [2.45, 2.75) is 25.5 Å². The number of benzene rings is 1. The Bertz CT molecular complexity index is 451. The van der Waals surface area contributed by atoms with Gasteiger partial charge in [0.05, 0.1) is 12.1 Å². The van der Waals surface area contributed by atoms with Crippen LogP contribution < -0.4 is 10.6 Å². The second-order valence-electron chi connectivity index (χ2n) is 4.51. The molecular weight excluding hydrogens is 235 g/mol. The normalized spacial score (nSPS) is 23.1. The van der Waals surface area contributed by atoms with Crippen molar-refractivity contribution < 1.29 is 13.9 Å². The summed E-state index contributed by atoms with van der Waals surface area (Å²) in [5.74, 6) is -0.382. The Morgan fingerprint density at radius 3 is 2.94 bits per heavy atom. The number of aryl methyl sites for hydroxylation is 1. The molecule has 1 saturated heterocycles. The minimum atomic E-state index is -0.272. The largest absolute Gasteiger partial charge is 0.380 e. The van der Waals surface area contributed by atoms with Gasteiger partial charge in [0.25, 0.3) is 0 Å². The molecule has 0 radical (unpaired) electrons. The number of hydrogen-bond donors (Lipinski definition) is 2. The van der Waals surface area contributed by atoms with Crippen LogP contribution in [0.25, 0.3) is 0 Å². The van der Waals surface area contributed by atoms with Gasteiger partial charge in [0.2, 0.25) is 5.91 Å². The third kappa shape index (κ3) is 2.86. The first-order valence-corrected chi connectivity index (χ1v) is 5.93. The molecule has 2 unspecified atom stereocenters. The first kappa shape index (κ1) is 13.0. The molecule has 1 heterocycles. The first-order valence-electron chi connectivity index (χ1n) is 5.93. The number of ether oxygens (including phenoxy) is 1. The van der Waals surface area contributed by atoms with E-state index in [2.05, 4.69) is 10.6 Å². The van der Waals surface area contributed by atoms with E-state index in [1.54, 1.807) is 26.2 Å². The topological polar surface area (TPSA) is 50.4 Å². The van der Waals surface area contributed by atoms with Crippen LogP contribution in [0.15, 0.2) is 18.2 Å². The molecule has 1 fully saturated rings. The minimum Gasteiger partial charge on any atom is -0.380 e. The van der Waals surface area contributed by atoms with Crippen LogP contribution in [0.3, 0.4) is 0 Å². The Balaban J connectivity index is 1.97. The molecule has 98 valence electrons. The van der Waals surface area contributed by atoms with E-state index < -0.39 is 0 Å². The zero-order chi connectivity index (χ0) is 13.1. The van der Waals surface area contributed by atoms with Crippen molar-refractivity contribution in [3.05, 3.63) is 29.6 Å². The Hall–Kier alpha value is -1.46. The van der Waals surface area contributed by atoms with Gasteiger partial charge in [-0.2, -0.15) is 0 Å². The number of halogens is 1. The average molecular weight is 252 g/mol. The lowest BCUT2D eigenvalue weighted by atomic mass is 10.1. The summed E-state index contributed by atoms with van der Waals surface area (Å²) in [7, 11) is 1.63. The predicted molar refractivity (Wildman–Crippen MR) is 67.0 cm³/mol. The number of methoxy groups -OCH3 is 1. The van der Waals surface area contributed by atoms with E-state index in [1.807, 2.05) is 0 Å². The van der Waals surface area contributed by atoms with E-state index in [9.17, 15) is 9.18 Å². The standard InChI is InChI=1S/C13H17FN2O2/c1-8-5-9(3-4-11(8)14)16-13(17)12-6-10(18-2)7-15-12/h3-5,10,12,15H,6-7H2,1-2H3,(H,16,17). The van der Waals surface area contributed by atoms with Crippen LogP contribution in [-0.2, 0) is 9.53 Å². The number of amides is 1.